The summed E-state index contributed by atoms with van der Waals surface area (Å²) < 4.78 is 16.7. The van der Waals surface area contributed by atoms with E-state index in [9.17, 15) is 14.4 Å². The smallest absolute Gasteiger partial charge is 0.306 e. The van der Waals surface area contributed by atoms with Crippen LogP contribution in [0.2, 0.25) is 0 Å². The van der Waals surface area contributed by atoms with Crippen molar-refractivity contribution in [1.29, 1.82) is 0 Å². The second kappa shape index (κ2) is 52.4. The van der Waals surface area contributed by atoms with Gasteiger partial charge >= 0.3 is 17.9 Å². The molecule has 0 saturated carbocycles. The maximum Gasteiger partial charge on any atom is 0.306 e. The topological polar surface area (TPSA) is 78.9 Å². The Bertz CT molecular complexity index is 1400. The van der Waals surface area contributed by atoms with Gasteiger partial charge in [-0.05, 0) is 103 Å². The molecule has 1 atom stereocenters. The van der Waals surface area contributed by atoms with E-state index in [1.54, 1.807) is 0 Å². The first kappa shape index (κ1) is 60.8. The van der Waals surface area contributed by atoms with Crippen LogP contribution in [-0.2, 0) is 28.6 Å². The molecular weight excluding hydrogens is 805 g/mol. The van der Waals surface area contributed by atoms with Crippen LogP contribution in [0.25, 0.3) is 0 Å². The standard InChI is InChI=1S/C59H94O6/c1-4-7-10-13-16-19-22-25-27-29-31-34-37-40-43-46-49-52-58(61)64-55-56(54-63-57(60)51-48-45-42-39-36-33-24-21-18-15-12-9-6-3)65-59(62)53-50-47-44-41-38-35-32-30-28-26-23-20-17-14-11-8-5-2/h9,12,15,18,21,24-28,31-36,40-41,43-44,56H,4-8,10-11,13-14,16-17,19-20,22-23,29-30,37-39,42,45-55H2,1-3H3/b12-9-,18-15-,24-21-,27-25-,28-26-,34-31-,35-32-,36-33-,43-40-,44-41-. The van der Waals surface area contributed by atoms with Gasteiger partial charge in [0.25, 0.3) is 0 Å². The van der Waals surface area contributed by atoms with Crippen LogP contribution in [-0.4, -0.2) is 37.2 Å². The van der Waals surface area contributed by atoms with E-state index in [1.807, 2.05) is 36.5 Å². The summed E-state index contributed by atoms with van der Waals surface area (Å²) in [7, 11) is 0. The lowest BCUT2D eigenvalue weighted by Gasteiger charge is -2.18. The molecule has 0 fully saturated rings. The Kier molecular flexibility index (Phi) is 49.1. The van der Waals surface area contributed by atoms with Crippen LogP contribution in [0.15, 0.2) is 122 Å². The normalized spacial score (nSPS) is 13.1. The average molecular weight is 899 g/mol. The zero-order chi connectivity index (χ0) is 47.2. The van der Waals surface area contributed by atoms with Gasteiger partial charge in [-0.15, -0.1) is 0 Å². The Morgan fingerprint density at radius 2 is 0.677 bits per heavy atom. The number of unbranched alkanes of at least 4 members (excludes halogenated alkanes) is 17. The zero-order valence-corrected chi connectivity index (χ0v) is 41.7. The van der Waals surface area contributed by atoms with Crippen molar-refractivity contribution in [3.8, 4) is 0 Å². The van der Waals surface area contributed by atoms with Gasteiger partial charge in [0.2, 0.25) is 0 Å². The number of carbonyl (C=O) groups excluding carboxylic acids is 3. The summed E-state index contributed by atoms with van der Waals surface area (Å²) in [6.45, 7) is 6.34. The van der Waals surface area contributed by atoms with E-state index in [1.165, 1.54) is 89.9 Å². The second-order valence-electron chi connectivity index (χ2n) is 16.8. The summed E-state index contributed by atoms with van der Waals surface area (Å²) in [6, 6.07) is 0. The summed E-state index contributed by atoms with van der Waals surface area (Å²) in [6.07, 6.45) is 72.0. The maximum absolute atomic E-state index is 12.8. The third kappa shape index (κ3) is 50.7. The van der Waals surface area contributed by atoms with Gasteiger partial charge in [-0.2, -0.15) is 0 Å². The molecule has 65 heavy (non-hydrogen) atoms. The predicted molar refractivity (Wildman–Crippen MR) is 279 cm³/mol. The summed E-state index contributed by atoms with van der Waals surface area (Å²) in [5.41, 5.74) is 0. The van der Waals surface area contributed by atoms with Crippen LogP contribution in [0.4, 0.5) is 0 Å². The third-order valence-corrected chi connectivity index (χ3v) is 10.5. The van der Waals surface area contributed by atoms with E-state index in [4.69, 9.17) is 14.2 Å². The van der Waals surface area contributed by atoms with E-state index >= 15 is 0 Å². The summed E-state index contributed by atoms with van der Waals surface area (Å²) in [4.78, 5) is 37.9. The number of hydrogen-bond acceptors (Lipinski definition) is 6. The summed E-state index contributed by atoms with van der Waals surface area (Å²) in [5.74, 6) is -1.09. The molecule has 0 amide bonds. The van der Waals surface area contributed by atoms with Crippen LogP contribution in [0.5, 0.6) is 0 Å². The minimum Gasteiger partial charge on any atom is -0.462 e. The molecule has 366 valence electrons. The van der Waals surface area contributed by atoms with E-state index < -0.39 is 12.1 Å². The molecule has 0 rings (SSSR count). The molecule has 0 aliphatic rings. The molecule has 0 spiro atoms. The van der Waals surface area contributed by atoms with Crippen LogP contribution in [0.1, 0.15) is 213 Å². The molecule has 0 saturated heterocycles. The molecule has 0 aliphatic heterocycles. The highest BCUT2D eigenvalue weighted by Gasteiger charge is 2.19. The lowest BCUT2D eigenvalue weighted by Crippen LogP contribution is -2.30. The van der Waals surface area contributed by atoms with Crippen molar-refractivity contribution < 1.29 is 28.6 Å². The highest BCUT2D eigenvalue weighted by atomic mass is 16.6. The second-order valence-corrected chi connectivity index (χ2v) is 16.8. The molecule has 0 N–H and O–H groups in total. The first-order chi connectivity index (χ1) is 32.0. The molecule has 0 aromatic rings. The van der Waals surface area contributed by atoms with Gasteiger partial charge in [0, 0.05) is 19.3 Å². The number of ether oxygens (including phenoxy) is 3. The van der Waals surface area contributed by atoms with Crippen molar-refractivity contribution >= 4 is 17.9 Å². The first-order valence-corrected chi connectivity index (χ1v) is 26.1. The van der Waals surface area contributed by atoms with Crippen LogP contribution in [0.3, 0.4) is 0 Å². The number of allylic oxidation sites excluding steroid dienone is 20. The fourth-order valence-electron chi connectivity index (χ4n) is 6.60. The van der Waals surface area contributed by atoms with Gasteiger partial charge in [0.15, 0.2) is 6.10 Å². The highest BCUT2D eigenvalue weighted by molar-refractivity contribution is 5.71. The first-order valence-electron chi connectivity index (χ1n) is 26.1. The molecule has 0 bridgehead atoms. The van der Waals surface area contributed by atoms with Gasteiger partial charge in [-0.3, -0.25) is 14.4 Å². The Morgan fingerprint density at radius 1 is 0.338 bits per heavy atom. The SMILES string of the molecule is CC\C=C/C=C\C=C/C=C\CCCCCC(=O)OCC(COC(=O)CCC/C=C\C/C=C\C/C=C\CCCCCCCC)OC(=O)CCC/C=C\C/C=C\C/C=C\CCCCCCCC. The van der Waals surface area contributed by atoms with Gasteiger partial charge in [-0.1, -0.05) is 213 Å². The molecule has 0 aliphatic carbocycles. The van der Waals surface area contributed by atoms with E-state index in [0.29, 0.717) is 12.8 Å². The fraction of sp³-hybridized carbons (Fsp3) is 0.610. The molecule has 6 heteroatoms. The molecular formula is C59H94O6. The van der Waals surface area contributed by atoms with Crippen molar-refractivity contribution in [2.45, 2.75) is 219 Å². The average Bonchev–Trinajstić information content (AvgIpc) is 3.30. The van der Waals surface area contributed by atoms with Gasteiger partial charge < -0.3 is 14.2 Å². The Labute approximate surface area is 399 Å². The number of carbonyl (C=O) groups is 3. The molecule has 1 unspecified atom stereocenters. The maximum atomic E-state index is 12.8. The lowest BCUT2D eigenvalue weighted by molar-refractivity contribution is -0.167. The minimum absolute atomic E-state index is 0.138. The van der Waals surface area contributed by atoms with Crippen LogP contribution < -0.4 is 0 Å². The van der Waals surface area contributed by atoms with E-state index in [0.717, 1.165) is 70.6 Å². The molecule has 0 aromatic carbocycles. The van der Waals surface area contributed by atoms with Gasteiger partial charge in [-0.25, -0.2) is 0 Å². The third-order valence-electron chi connectivity index (χ3n) is 10.5. The minimum atomic E-state index is -0.844. The monoisotopic (exact) mass is 899 g/mol. The quantitative estimate of drug-likeness (QED) is 0.0199. The predicted octanol–water partition coefficient (Wildman–Crippen LogP) is 17.3. The van der Waals surface area contributed by atoms with Crippen LogP contribution >= 0.6 is 0 Å². The van der Waals surface area contributed by atoms with Gasteiger partial charge in [0.1, 0.15) is 13.2 Å². The van der Waals surface area contributed by atoms with E-state index in [2.05, 4.69) is 106 Å². The summed E-state index contributed by atoms with van der Waals surface area (Å²) in [5, 5.41) is 0. The Hall–Kier alpha value is -4.19. The van der Waals surface area contributed by atoms with Crippen molar-refractivity contribution in [1.82, 2.24) is 0 Å². The van der Waals surface area contributed by atoms with Gasteiger partial charge in [0.05, 0.1) is 0 Å². The molecule has 0 heterocycles. The Balaban J connectivity index is 4.61. The van der Waals surface area contributed by atoms with Crippen molar-refractivity contribution in [3.63, 3.8) is 0 Å². The number of rotatable bonds is 45. The van der Waals surface area contributed by atoms with Crippen molar-refractivity contribution in [2.75, 3.05) is 13.2 Å². The zero-order valence-electron chi connectivity index (χ0n) is 41.7. The highest BCUT2D eigenvalue weighted by Crippen LogP contribution is 2.11. The number of esters is 3. The molecule has 0 aromatic heterocycles. The van der Waals surface area contributed by atoms with Crippen LogP contribution in [0, 0.1) is 0 Å². The number of hydrogen-bond donors (Lipinski definition) is 0. The molecule has 6 nitrogen and oxygen atoms in total. The van der Waals surface area contributed by atoms with Crippen molar-refractivity contribution in [3.05, 3.63) is 122 Å². The fourth-order valence-corrected chi connectivity index (χ4v) is 6.60. The largest absolute Gasteiger partial charge is 0.462 e. The lowest BCUT2D eigenvalue weighted by atomic mass is 10.1. The Morgan fingerprint density at radius 3 is 1.14 bits per heavy atom. The van der Waals surface area contributed by atoms with E-state index in [-0.39, 0.29) is 44.4 Å². The summed E-state index contributed by atoms with van der Waals surface area (Å²) >= 11 is 0. The van der Waals surface area contributed by atoms with Crippen molar-refractivity contribution in [2.24, 2.45) is 0 Å². The molecule has 0 radical (unpaired) electrons.